The third-order valence-corrected chi connectivity index (χ3v) is 4.29. The standard InChI is InChI=1S/C20H21FN2O3/c21-17-5-3-16(4-6-17)20-13-23(9-10-25-20)12-18(24)14-26-19-7-1-15(11-22)2-8-19/h1-8,18,20,24H,9-10,12-14H2. The second kappa shape index (κ2) is 8.77. The fourth-order valence-corrected chi connectivity index (χ4v) is 2.92. The molecule has 0 radical (unpaired) electrons. The van der Waals surface area contributed by atoms with E-state index in [0.29, 0.717) is 31.0 Å². The van der Waals surface area contributed by atoms with Gasteiger partial charge in [-0.3, -0.25) is 4.90 Å². The second-order valence-electron chi connectivity index (χ2n) is 6.27. The van der Waals surface area contributed by atoms with E-state index in [2.05, 4.69) is 4.90 Å². The molecule has 0 aliphatic carbocycles. The van der Waals surface area contributed by atoms with Gasteiger partial charge in [-0.25, -0.2) is 4.39 Å². The van der Waals surface area contributed by atoms with Crippen LogP contribution in [0.3, 0.4) is 0 Å². The molecule has 2 unspecified atom stereocenters. The lowest BCUT2D eigenvalue weighted by molar-refractivity contribution is -0.0459. The van der Waals surface area contributed by atoms with Gasteiger partial charge < -0.3 is 14.6 Å². The minimum atomic E-state index is -0.641. The van der Waals surface area contributed by atoms with Crippen LogP contribution in [0.1, 0.15) is 17.2 Å². The zero-order valence-electron chi connectivity index (χ0n) is 14.3. The van der Waals surface area contributed by atoms with Crippen molar-refractivity contribution in [2.24, 2.45) is 0 Å². The predicted octanol–water partition coefficient (Wildman–Crippen LogP) is 2.51. The van der Waals surface area contributed by atoms with E-state index in [1.165, 1.54) is 12.1 Å². The van der Waals surface area contributed by atoms with E-state index in [1.54, 1.807) is 36.4 Å². The third kappa shape index (κ3) is 5.02. The average molecular weight is 356 g/mol. The predicted molar refractivity (Wildman–Crippen MR) is 94.2 cm³/mol. The van der Waals surface area contributed by atoms with Crippen LogP contribution in [0.5, 0.6) is 5.75 Å². The highest BCUT2D eigenvalue weighted by atomic mass is 19.1. The number of morpholine rings is 1. The number of benzene rings is 2. The minimum absolute atomic E-state index is 0.129. The topological polar surface area (TPSA) is 65.7 Å². The number of β-amino-alcohol motifs (C(OH)–C–C–N with tert-alkyl or cyclic N) is 1. The van der Waals surface area contributed by atoms with Gasteiger partial charge in [0.15, 0.2) is 0 Å². The van der Waals surface area contributed by atoms with Crippen molar-refractivity contribution in [3.63, 3.8) is 0 Å². The summed E-state index contributed by atoms with van der Waals surface area (Å²) in [7, 11) is 0. The number of ether oxygens (including phenoxy) is 2. The van der Waals surface area contributed by atoms with E-state index in [1.807, 2.05) is 6.07 Å². The molecule has 1 aliphatic rings. The lowest BCUT2D eigenvalue weighted by Gasteiger charge is -2.34. The van der Waals surface area contributed by atoms with Gasteiger partial charge in [-0.15, -0.1) is 0 Å². The molecule has 0 bridgehead atoms. The SMILES string of the molecule is N#Cc1ccc(OCC(O)CN2CCOC(c3ccc(F)cc3)C2)cc1. The molecule has 1 aliphatic heterocycles. The van der Waals surface area contributed by atoms with Crippen LogP contribution >= 0.6 is 0 Å². The third-order valence-electron chi connectivity index (χ3n) is 4.29. The molecule has 6 heteroatoms. The lowest BCUT2D eigenvalue weighted by Crippen LogP contribution is -2.43. The number of aliphatic hydroxyl groups is 1. The van der Waals surface area contributed by atoms with E-state index >= 15 is 0 Å². The smallest absolute Gasteiger partial charge is 0.123 e. The van der Waals surface area contributed by atoms with Crippen molar-refractivity contribution in [2.75, 3.05) is 32.8 Å². The second-order valence-corrected chi connectivity index (χ2v) is 6.27. The zero-order valence-corrected chi connectivity index (χ0v) is 14.3. The molecule has 3 rings (SSSR count). The number of rotatable bonds is 6. The fraction of sp³-hybridized carbons (Fsp3) is 0.350. The van der Waals surface area contributed by atoms with E-state index in [-0.39, 0.29) is 18.5 Å². The summed E-state index contributed by atoms with van der Waals surface area (Å²) < 4.78 is 24.4. The van der Waals surface area contributed by atoms with Gasteiger partial charge in [0.25, 0.3) is 0 Å². The van der Waals surface area contributed by atoms with Crippen LogP contribution in [0.25, 0.3) is 0 Å². The van der Waals surface area contributed by atoms with E-state index in [0.717, 1.165) is 12.1 Å². The molecule has 0 aromatic heterocycles. The Bertz CT molecular complexity index is 743. The van der Waals surface area contributed by atoms with Crippen LogP contribution in [-0.2, 0) is 4.74 Å². The van der Waals surface area contributed by atoms with Crippen molar-refractivity contribution in [1.82, 2.24) is 4.90 Å². The molecule has 26 heavy (non-hydrogen) atoms. The first-order chi connectivity index (χ1) is 12.6. The molecular weight excluding hydrogens is 335 g/mol. The molecule has 2 atom stereocenters. The van der Waals surface area contributed by atoms with Crippen molar-refractivity contribution in [3.8, 4) is 11.8 Å². The molecule has 2 aromatic carbocycles. The highest BCUT2D eigenvalue weighted by molar-refractivity contribution is 5.34. The maximum Gasteiger partial charge on any atom is 0.123 e. The number of hydrogen-bond acceptors (Lipinski definition) is 5. The van der Waals surface area contributed by atoms with Crippen molar-refractivity contribution in [1.29, 1.82) is 5.26 Å². The van der Waals surface area contributed by atoms with Gasteiger partial charge in [0.2, 0.25) is 0 Å². The molecule has 0 amide bonds. The summed E-state index contributed by atoms with van der Waals surface area (Å²) in [4.78, 5) is 2.12. The Hall–Kier alpha value is -2.46. The number of hydrogen-bond donors (Lipinski definition) is 1. The van der Waals surface area contributed by atoms with Gasteiger partial charge in [-0.2, -0.15) is 5.26 Å². The Morgan fingerprint density at radius 3 is 2.65 bits per heavy atom. The monoisotopic (exact) mass is 356 g/mol. The highest BCUT2D eigenvalue weighted by Gasteiger charge is 2.23. The van der Waals surface area contributed by atoms with E-state index < -0.39 is 6.10 Å². The van der Waals surface area contributed by atoms with Crippen molar-refractivity contribution < 1.29 is 19.0 Å². The number of aliphatic hydroxyl groups excluding tert-OH is 1. The summed E-state index contributed by atoms with van der Waals surface area (Å²) in [6.07, 6.45) is -0.770. The van der Waals surface area contributed by atoms with Gasteiger partial charge in [-0.05, 0) is 42.0 Å². The van der Waals surface area contributed by atoms with Crippen LogP contribution in [0.15, 0.2) is 48.5 Å². The molecule has 1 fully saturated rings. The first-order valence-corrected chi connectivity index (χ1v) is 8.54. The lowest BCUT2D eigenvalue weighted by atomic mass is 10.1. The number of nitriles is 1. The first kappa shape index (κ1) is 18.3. The molecular formula is C20H21FN2O3. The van der Waals surface area contributed by atoms with Gasteiger partial charge in [0.05, 0.1) is 24.3 Å². The summed E-state index contributed by atoms with van der Waals surface area (Å²) in [5, 5.41) is 19.0. The molecule has 1 saturated heterocycles. The van der Waals surface area contributed by atoms with Crippen molar-refractivity contribution in [3.05, 3.63) is 65.5 Å². The first-order valence-electron chi connectivity index (χ1n) is 8.54. The van der Waals surface area contributed by atoms with Crippen LogP contribution < -0.4 is 4.74 Å². The van der Waals surface area contributed by atoms with Crippen molar-refractivity contribution in [2.45, 2.75) is 12.2 Å². The maximum absolute atomic E-state index is 13.1. The number of halogens is 1. The van der Waals surface area contributed by atoms with Crippen LogP contribution in [0, 0.1) is 17.1 Å². The molecule has 1 N–H and O–H groups in total. The zero-order chi connectivity index (χ0) is 18.4. The van der Waals surface area contributed by atoms with E-state index in [4.69, 9.17) is 14.7 Å². The maximum atomic E-state index is 13.1. The summed E-state index contributed by atoms with van der Waals surface area (Å²) in [5.41, 5.74) is 1.50. The minimum Gasteiger partial charge on any atom is -0.491 e. The van der Waals surface area contributed by atoms with E-state index in [9.17, 15) is 9.50 Å². The molecule has 5 nitrogen and oxygen atoms in total. The van der Waals surface area contributed by atoms with Gasteiger partial charge >= 0.3 is 0 Å². The Morgan fingerprint density at radius 2 is 1.96 bits per heavy atom. The van der Waals surface area contributed by atoms with Crippen LogP contribution in [0.4, 0.5) is 4.39 Å². The normalized spacial score (nSPS) is 18.9. The molecule has 136 valence electrons. The van der Waals surface area contributed by atoms with Crippen molar-refractivity contribution >= 4 is 0 Å². The van der Waals surface area contributed by atoms with Gasteiger partial charge in [-0.1, -0.05) is 12.1 Å². The van der Waals surface area contributed by atoms with Crippen LogP contribution in [0.2, 0.25) is 0 Å². The summed E-state index contributed by atoms with van der Waals surface area (Å²) in [6, 6.07) is 15.1. The fourth-order valence-electron chi connectivity index (χ4n) is 2.92. The quantitative estimate of drug-likeness (QED) is 0.862. The summed E-state index contributed by atoms with van der Waals surface area (Å²) in [6.45, 7) is 2.57. The largest absolute Gasteiger partial charge is 0.491 e. The van der Waals surface area contributed by atoms with Gasteiger partial charge in [0, 0.05) is 19.6 Å². The molecule has 1 heterocycles. The average Bonchev–Trinajstić information content (AvgIpc) is 2.67. The molecule has 0 saturated carbocycles. The molecule has 2 aromatic rings. The Kier molecular flexibility index (Phi) is 6.18. The summed E-state index contributed by atoms with van der Waals surface area (Å²) >= 11 is 0. The number of nitrogens with zero attached hydrogens (tertiary/aromatic N) is 2. The Morgan fingerprint density at radius 1 is 1.23 bits per heavy atom. The summed E-state index contributed by atoms with van der Waals surface area (Å²) in [5.74, 6) is 0.353. The van der Waals surface area contributed by atoms with Gasteiger partial charge in [0.1, 0.15) is 24.3 Å². The highest BCUT2D eigenvalue weighted by Crippen LogP contribution is 2.22. The van der Waals surface area contributed by atoms with Crippen LogP contribution in [-0.4, -0.2) is 49.0 Å². The molecule has 0 spiro atoms. The Balaban J connectivity index is 1.48. The Labute approximate surface area is 152 Å².